The van der Waals surface area contributed by atoms with Crippen molar-refractivity contribution in [2.45, 2.75) is 33.8 Å². The molecule has 0 saturated heterocycles. The Bertz CT molecular complexity index is 770. The van der Waals surface area contributed by atoms with Crippen molar-refractivity contribution in [1.82, 2.24) is 0 Å². The summed E-state index contributed by atoms with van der Waals surface area (Å²) in [5.41, 5.74) is 2.78. The number of hydrogen-bond acceptors (Lipinski definition) is 4. The highest BCUT2D eigenvalue weighted by atomic mass is 16.5. The average Bonchev–Trinajstić information content (AvgIpc) is 2.59. The van der Waals surface area contributed by atoms with E-state index in [9.17, 15) is 9.59 Å². The molecule has 2 aromatic carbocycles. The standard InChI is InChI=1S/C20H23NO4/c1-5-24-20(23)16-11-10-13(2)17(12-16)21-19(22)15(4)25-18-9-7-6-8-14(18)3/h6-12,15H,5H2,1-4H3,(H,21,22)/t15-/m0/s1. The van der Waals surface area contributed by atoms with Crippen LogP contribution in [0.2, 0.25) is 0 Å². The number of benzene rings is 2. The maximum Gasteiger partial charge on any atom is 0.338 e. The summed E-state index contributed by atoms with van der Waals surface area (Å²) in [6.07, 6.45) is -0.674. The van der Waals surface area contributed by atoms with E-state index < -0.39 is 12.1 Å². The molecule has 0 saturated carbocycles. The van der Waals surface area contributed by atoms with Gasteiger partial charge >= 0.3 is 5.97 Å². The molecule has 5 heteroatoms. The zero-order valence-electron chi connectivity index (χ0n) is 15.0. The summed E-state index contributed by atoms with van der Waals surface area (Å²) in [5.74, 6) is -0.0308. The largest absolute Gasteiger partial charge is 0.481 e. The number of ether oxygens (including phenoxy) is 2. The van der Waals surface area contributed by atoms with Crippen LogP contribution in [-0.2, 0) is 9.53 Å². The Hall–Kier alpha value is -2.82. The lowest BCUT2D eigenvalue weighted by Crippen LogP contribution is -2.30. The molecular formula is C20H23NO4. The second kappa shape index (κ2) is 8.33. The maximum absolute atomic E-state index is 12.4. The fourth-order valence-corrected chi connectivity index (χ4v) is 2.27. The van der Waals surface area contributed by atoms with E-state index in [1.807, 2.05) is 38.1 Å². The first-order valence-electron chi connectivity index (χ1n) is 8.23. The molecule has 0 aliphatic heterocycles. The van der Waals surface area contributed by atoms with Gasteiger partial charge in [0.25, 0.3) is 5.91 Å². The predicted molar refractivity (Wildman–Crippen MR) is 97.0 cm³/mol. The van der Waals surface area contributed by atoms with Crippen LogP contribution in [0, 0.1) is 13.8 Å². The van der Waals surface area contributed by atoms with Crippen LogP contribution in [0.5, 0.6) is 5.75 Å². The van der Waals surface area contributed by atoms with Gasteiger partial charge in [0, 0.05) is 5.69 Å². The van der Waals surface area contributed by atoms with E-state index in [0.717, 1.165) is 11.1 Å². The summed E-state index contributed by atoms with van der Waals surface area (Å²) in [5, 5.41) is 2.82. The lowest BCUT2D eigenvalue weighted by molar-refractivity contribution is -0.122. The van der Waals surface area contributed by atoms with Crippen molar-refractivity contribution in [2.75, 3.05) is 11.9 Å². The molecule has 0 radical (unpaired) electrons. The molecule has 0 spiro atoms. The number of amides is 1. The number of carbonyl (C=O) groups excluding carboxylic acids is 2. The van der Waals surface area contributed by atoms with Crippen LogP contribution in [0.25, 0.3) is 0 Å². The molecule has 2 aromatic rings. The summed E-state index contributed by atoms with van der Waals surface area (Å²) < 4.78 is 10.7. The number of para-hydroxylation sites is 1. The van der Waals surface area contributed by atoms with Crippen LogP contribution in [-0.4, -0.2) is 24.6 Å². The van der Waals surface area contributed by atoms with Crippen LogP contribution >= 0.6 is 0 Å². The lowest BCUT2D eigenvalue weighted by atomic mass is 10.1. The molecule has 0 aromatic heterocycles. The van der Waals surface area contributed by atoms with E-state index in [2.05, 4.69) is 5.32 Å². The topological polar surface area (TPSA) is 64.6 Å². The Morgan fingerprint density at radius 1 is 1.08 bits per heavy atom. The molecule has 0 aliphatic rings. The molecule has 0 heterocycles. The second-order valence-corrected chi connectivity index (χ2v) is 5.76. The molecule has 0 unspecified atom stereocenters. The van der Waals surface area contributed by atoms with E-state index in [1.54, 1.807) is 32.0 Å². The van der Waals surface area contributed by atoms with Crippen molar-refractivity contribution < 1.29 is 19.1 Å². The minimum absolute atomic E-state index is 0.285. The maximum atomic E-state index is 12.4. The van der Waals surface area contributed by atoms with Gasteiger partial charge in [-0.1, -0.05) is 24.3 Å². The van der Waals surface area contributed by atoms with Gasteiger partial charge in [-0.25, -0.2) is 4.79 Å². The summed E-state index contributed by atoms with van der Waals surface area (Å²) >= 11 is 0. The van der Waals surface area contributed by atoms with E-state index >= 15 is 0 Å². The smallest absolute Gasteiger partial charge is 0.338 e. The summed E-state index contributed by atoms with van der Waals surface area (Å²) in [4.78, 5) is 24.3. The Morgan fingerprint density at radius 3 is 2.48 bits per heavy atom. The monoisotopic (exact) mass is 341 g/mol. The van der Waals surface area contributed by atoms with Crippen LogP contribution in [0.15, 0.2) is 42.5 Å². The Morgan fingerprint density at radius 2 is 1.80 bits per heavy atom. The lowest BCUT2D eigenvalue weighted by Gasteiger charge is -2.17. The van der Waals surface area contributed by atoms with Crippen molar-refractivity contribution in [3.05, 3.63) is 59.2 Å². The zero-order chi connectivity index (χ0) is 18.4. The van der Waals surface area contributed by atoms with Gasteiger partial charge < -0.3 is 14.8 Å². The Balaban J connectivity index is 2.10. The third-order valence-electron chi connectivity index (χ3n) is 3.77. The van der Waals surface area contributed by atoms with Gasteiger partial charge in [0.15, 0.2) is 6.10 Å². The highest BCUT2D eigenvalue weighted by molar-refractivity contribution is 5.97. The fraction of sp³-hybridized carbons (Fsp3) is 0.300. The number of aryl methyl sites for hydroxylation is 2. The first-order valence-corrected chi connectivity index (χ1v) is 8.23. The normalized spacial score (nSPS) is 11.5. The molecule has 25 heavy (non-hydrogen) atoms. The molecule has 1 N–H and O–H groups in total. The summed E-state index contributed by atoms with van der Waals surface area (Å²) in [7, 11) is 0. The number of anilines is 1. The molecule has 1 amide bonds. The minimum Gasteiger partial charge on any atom is -0.481 e. The number of nitrogens with one attached hydrogen (secondary N) is 1. The number of esters is 1. The zero-order valence-corrected chi connectivity index (χ0v) is 15.0. The summed E-state index contributed by atoms with van der Waals surface area (Å²) in [6, 6.07) is 12.6. The first kappa shape index (κ1) is 18.5. The van der Waals surface area contributed by atoms with Gasteiger partial charge in [0.05, 0.1) is 12.2 Å². The van der Waals surface area contributed by atoms with Gasteiger partial charge in [-0.05, 0) is 57.0 Å². The van der Waals surface area contributed by atoms with Crippen molar-refractivity contribution >= 4 is 17.6 Å². The minimum atomic E-state index is -0.674. The SMILES string of the molecule is CCOC(=O)c1ccc(C)c(NC(=O)[C@H](C)Oc2ccccc2C)c1. The molecule has 0 bridgehead atoms. The molecule has 132 valence electrons. The molecule has 0 fully saturated rings. The van der Waals surface area contributed by atoms with Crippen molar-refractivity contribution in [1.29, 1.82) is 0 Å². The Kier molecular flexibility index (Phi) is 6.17. The van der Waals surface area contributed by atoms with Crippen LogP contribution in [0.3, 0.4) is 0 Å². The van der Waals surface area contributed by atoms with E-state index in [1.165, 1.54) is 0 Å². The highest BCUT2D eigenvalue weighted by Gasteiger charge is 2.17. The first-order chi connectivity index (χ1) is 11.9. The third-order valence-corrected chi connectivity index (χ3v) is 3.77. The number of rotatable bonds is 6. The van der Waals surface area contributed by atoms with Gasteiger partial charge in [0.2, 0.25) is 0 Å². The quantitative estimate of drug-likeness (QED) is 0.810. The van der Waals surface area contributed by atoms with Gasteiger partial charge in [-0.2, -0.15) is 0 Å². The molecule has 2 rings (SSSR count). The molecule has 5 nitrogen and oxygen atoms in total. The van der Waals surface area contributed by atoms with Crippen molar-refractivity contribution in [2.24, 2.45) is 0 Å². The van der Waals surface area contributed by atoms with Gasteiger partial charge in [-0.15, -0.1) is 0 Å². The van der Waals surface area contributed by atoms with Crippen LogP contribution in [0.1, 0.15) is 35.3 Å². The van der Waals surface area contributed by atoms with E-state index in [0.29, 0.717) is 23.6 Å². The predicted octanol–water partition coefficient (Wildman–Crippen LogP) is 3.89. The second-order valence-electron chi connectivity index (χ2n) is 5.76. The highest BCUT2D eigenvalue weighted by Crippen LogP contribution is 2.20. The van der Waals surface area contributed by atoms with Crippen LogP contribution < -0.4 is 10.1 Å². The van der Waals surface area contributed by atoms with Crippen molar-refractivity contribution in [3.8, 4) is 5.75 Å². The van der Waals surface area contributed by atoms with Crippen LogP contribution in [0.4, 0.5) is 5.69 Å². The Labute approximate surface area is 148 Å². The average molecular weight is 341 g/mol. The molecular weight excluding hydrogens is 318 g/mol. The molecule has 1 atom stereocenters. The number of carbonyl (C=O) groups is 2. The van der Waals surface area contributed by atoms with Crippen molar-refractivity contribution in [3.63, 3.8) is 0 Å². The van der Waals surface area contributed by atoms with E-state index in [-0.39, 0.29) is 5.91 Å². The summed E-state index contributed by atoms with van der Waals surface area (Å²) in [6.45, 7) is 7.52. The third kappa shape index (κ3) is 4.83. The number of hydrogen-bond donors (Lipinski definition) is 1. The van der Waals surface area contributed by atoms with Gasteiger partial charge in [-0.3, -0.25) is 4.79 Å². The van der Waals surface area contributed by atoms with Gasteiger partial charge in [0.1, 0.15) is 5.75 Å². The van der Waals surface area contributed by atoms with E-state index in [4.69, 9.17) is 9.47 Å². The molecule has 0 aliphatic carbocycles. The fourth-order valence-electron chi connectivity index (χ4n) is 2.27.